The minimum Gasteiger partial charge on any atom is -0.387 e. The molecule has 0 saturated heterocycles. The van der Waals surface area contributed by atoms with Crippen LogP contribution in [0.2, 0.25) is 10.0 Å². The third-order valence-electron chi connectivity index (χ3n) is 4.16. The van der Waals surface area contributed by atoms with Crippen molar-refractivity contribution in [3.8, 4) is 0 Å². The lowest BCUT2D eigenvalue weighted by molar-refractivity contribution is -0.123. The van der Waals surface area contributed by atoms with Crippen molar-refractivity contribution in [2.24, 2.45) is 0 Å². The molecule has 0 unspecified atom stereocenters. The number of halogens is 2. The molecule has 1 aromatic heterocycles. The zero-order chi connectivity index (χ0) is 16.6. The number of benzene rings is 1. The Hall–Kier alpha value is -1.62. The van der Waals surface area contributed by atoms with Crippen LogP contribution in [0.5, 0.6) is 0 Å². The zero-order valence-corrected chi connectivity index (χ0v) is 14.0. The molecule has 0 saturated carbocycles. The van der Waals surface area contributed by atoms with Crippen LogP contribution in [0.15, 0.2) is 30.5 Å². The summed E-state index contributed by atoms with van der Waals surface area (Å²) in [5.74, 6) is -0.527. The first-order chi connectivity index (χ1) is 11.0. The molecule has 1 aliphatic rings. The van der Waals surface area contributed by atoms with Gasteiger partial charge in [0.2, 0.25) is 5.91 Å². The molecule has 3 rings (SSSR count). The van der Waals surface area contributed by atoms with E-state index >= 15 is 0 Å². The van der Waals surface area contributed by atoms with Gasteiger partial charge in [0.05, 0.1) is 17.7 Å². The van der Waals surface area contributed by atoms with Crippen molar-refractivity contribution in [1.82, 2.24) is 10.3 Å². The molecule has 6 heteroatoms. The van der Waals surface area contributed by atoms with Crippen LogP contribution in [0.1, 0.15) is 40.8 Å². The smallest absolute Gasteiger partial charge is 0.227 e. The summed E-state index contributed by atoms with van der Waals surface area (Å²) in [6.07, 6.45) is 1.29. The second kappa shape index (κ2) is 6.48. The van der Waals surface area contributed by atoms with E-state index < -0.39 is 6.10 Å². The molecule has 0 radical (unpaired) electrons. The Morgan fingerprint density at radius 1 is 1.43 bits per heavy atom. The fourth-order valence-corrected chi connectivity index (χ4v) is 3.63. The minimum atomic E-state index is -0.692. The maximum atomic E-state index is 12.5. The summed E-state index contributed by atoms with van der Waals surface area (Å²) < 4.78 is 0. The molecule has 4 nitrogen and oxygen atoms in total. The average molecular weight is 351 g/mol. The molecule has 2 N–H and O–H groups in total. The van der Waals surface area contributed by atoms with E-state index in [4.69, 9.17) is 23.2 Å². The van der Waals surface area contributed by atoms with Gasteiger partial charge >= 0.3 is 0 Å². The highest BCUT2D eigenvalue weighted by Crippen LogP contribution is 2.38. The highest BCUT2D eigenvalue weighted by atomic mass is 35.5. The monoisotopic (exact) mass is 350 g/mol. The first kappa shape index (κ1) is 16.2. The van der Waals surface area contributed by atoms with Gasteiger partial charge in [-0.05, 0) is 48.2 Å². The van der Waals surface area contributed by atoms with Crippen LogP contribution < -0.4 is 5.32 Å². The largest absolute Gasteiger partial charge is 0.387 e. The van der Waals surface area contributed by atoms with E-state index in [1.54, 1.807) is 18.3 Å². The van der Waals surface area contributed by atoms with Crippen LogP contribution in [0.3, 0.4) is 0 Å². The van der Waals surface area contributed by atoms with E-state index in [1.807, 2.05) is 19.1 Å². The summed E-state index contributed by atoms with van der Waals surface area (Å²) in [6.45, 7) is 2.22. The van der Waals surface area contributed by atoms with Gasteiger partial charge in [0, 0.05) is 22.8 Å². The second-order valence-corrected chi connectivity index (χ2v) is 6.53. The number of nitrogens with one attached hydrogen (secondary N) is 1. The Kier molecular flexibility index (Phi) is 4.57. The molecule has 0 aliphatic heterocycles. The first-order valence-electron chi connectivity index (χ1n) is 7.32. The number of aliphatic hydroxyl groups is 1. The molecular formula is C17H16Cl2N2O2. The van der Waals surface area contributed by atoms with E-state index in [0.717, 1.165) is 16.7 Å². The highest BCUT2D eigenvalue weighted by Gasteiger charge is 2.35. The Morgan fingerprint density at radius 2 is 2.22 bits per heavy atom. The molecule has 2 aromatic rings. The molecule has 1 aliphatic carbocycles. The molecular weight excluding hydrogens is 335 g/mol. The standard InChI is InChI=1S/C17H16Cl2N2O2/c1-9-5-10(18)6-14(19)13(9)8-21-17(23)12-7-15(22)16-11(12)3-2-4-20-16/h2-6,12,15,22H,7-8H2,1H3,(H,21,23)/t12-,15-/m0/s1. The van der Waals surface area contributed by atoms with Gasteiger partial charge in [-0.1, -0.05) is 29.3 Å². The second-order valence-electron chi connectivity index (χ2n) is 5.68. The number of rotatable bonds is 3. The highest BCUT2D eigenvalue weighted by molar-refractivity contribution is 6.35. The van der Waals surface area contributed by atoms with E-state index in [0.29, 0.717) is 28.7 Å². The van der Waals surface area contributed by atoms with Gasteiger partial charge in [0.25, 0.3) is 0 Å². The number of hydrogen-bond acceptors (Lipinski definition) is 3. The maximum absolute atomic E-state index is 12.5. The third-order valence-corrected chi connectivity index (χ3v) is 4.72. The SMILES string of the molecule is Cc1cc(Cl)cc(Cl)c1CNC(=O)[C@H]1C[C@H](O)c2ncccc21. The molecule has 0 spiro atoms. The lowest BCUT2D eigenvalue weighted by atomic mass is 10.0. The Balaban J connectivity index is 1.74. The van der Waals surface area contributed by atoms with Gasteiger partial charge in [-0.25, -0.2) is 0 Å². The van der Waals surface area contributed by atoms with Gasteiger partial charge in [0.15, 0.2) is 0 Å². The van der Waals surface area contributed by atoms with Gasteiger partial charge in [0.1, 0.15) is 0 Å². The van der Waals surface area contributed by atoms with Crippen molar-refractivity contribution in [2.75, 3.05) is 0 Å². The number of hydrogen-bond donors (Lipinski definition) is 2. The number of carbonyl (C=O) groups excluding carboxylic acids is 1. The Bertz CT molecular complexity index is 741. The minimum absolute atomic E-state index is 0.138. The molecule has 23 heavy (non-hydrogen) atoms. The lowest BCUT2D eigenvalue weighted by Gasteiger charge is -2.14. The number of aliphatic hydroxyl groups excluding tert-OH is 1. The van der Waals surface area contributed by atoms with Gasteiger partial charge in [-0.3, -0.25) is 9.78 Å². The summed E-state index contributed by atoms with van der Waals surface area (Å²) in [6, 6.07) is 7.09. The van der Waals surface area contributed by atoms with Gasteiger partial charge in [-0.2, -0.15) is 0 Å². The molecule has 1 heterocycles. The number of pyridine rings is 1. The summed E-state index contributed by atoms with van der Waals surface area (Å²) in [4.78, 5) is 16.7. The van der Waals surface area contributed by atoms with Crippen LogP contribution in [0.4, 0.5) is 0 Å². The average Bonchev–Trinajstić information content (AvgIpc) is 2.84. The zero-order valence-electron chi connectivity index (χ0n) is 12.5. The van der Waals surface area contributed by atoms with Crippen molar-refractivity contribution in [1.29, 1.82) is 0 Å². The topological polar surface area (TPSA) is 62.2 Å². The quantitative estimate of drug-likeness (QED) is 0.889. The predicted octanol–water partition coefficient (Wildman–Crippen LogP) is 3.53. The van der Waals surface area contributed by atoms with E-state index in [2.05, 4.69) is 10.3 Å². The summed E-state index contributed by atoms with van der Waals surface area (Å²) >= 11 is 12.2. The summed E-state index contributed by atoms with van der Waals surface area (Å²) in [7, 11) is 0. The maximum Gasteiger partial charge on any atom is 0.227 e. The normalized spacial score (nSPS) is 19.5. The van der Waals surface area contributed by atoms with Crippen molar-refractivity contribution in [2.45, 2.75) is 31.9 Å². The van der Waals surface area contributed by atoms with Crippen LogP contribution in [0.25, 0.3) is 0 Å². The van der Waals surface area contributed by atoms with Crippen LogP contribution in [-0.4, -0.2) is 16.0 Å². The van der Waals surface area contributed by atoms with Crippen LogP contribution in [0, 0.1) is 6.92 Å². The van der Waals surface area contributed by atoms with Crippen LogP contribution in [-0.2, 0) is 11.3 Å². The van der Waals surface area contributed by atoms with Gasteiger partial charge < -0.3 is 10.4 Å². The molecule has 120 valence electrons. The molecule has 0 bridgehead atoms. The molecule has 2 atom stereocenters. The Morgan fingerprint density at radius 3 is 2.96 bits per heavy atom. The summed E-state index contributed by atoms with van der Waals surface area (Å²) in [5.41, 5.74) is 3.15. The molecule has 1 amide bonds. The number of aryl methyl sites for hydroxylation is 1. The fourth-order valence-electron chi connectivity index (χ4n) is 2.97. The van der Waals surface area contributed by atoms with E-state index in [9.17, 15) is 9.90 Å². The first-order valence-corrected chi connectivity index (χ1v) is 8.08. The fraction of sp³-hybridized carbons (Fsp3) is 0.294. The van der Waals surface area contributed by atoms with Crippen molar-refractivity contribution < 1.29 is 9.90 Å². The molecule has 0 fully saturated rings. The third kappa shape index (κ3) is 3.20. The number of carbonyl (C=O) groups is 1. The van der Waals surface area contributed by atoms with Crippen molar-refractivity contribution >= 4 is 29.1 Å². The molecule has 1 aromatic carbocycles. The number of aromatic nitrogens is 1. The van der Waals surface area contributed by atoms with Crippen LogP contribution >= 0.6 is 23.2 Å². The van der Waals surface area contributed by atoms with Crippen molar-refractivity contribution in [3.63, 3.8) is 0 Å². The lowest BCUT2D eigenvalue weighted by Crippen LogP contribution is -2.28. The predicted molar refractivity (Wildman–Crippen MR) is 89.6 cm³/mol. The van der Waals surface area contributed by atoms with E-state index in [-0.39, 0.29) is 11.8 Å². The number of amides is 1. The number of fused-ring (bicyclic) bond motifs is 1. The van der Waals surface area contributed by atoms with Gasteiger partial charge in [-0.15, -0.1) is 0 Å². The van der Waals surface area contributed by atoms with E-state index in [1.165, 1.54) is 0 Å². The van der Waals surface area contributed by atoms with Crippen molar-refractivity contribution in [3.05, 3.63) is 62.9 Å². The summed E-state index contributed by atoms with van der Waals surface area (Å²) in [5, 5.41) is 14.0. The number of nitrogens with zero attached hydrogens (tertiary/aromatic N) is 1. The Labute approximate surface area is 144 Å².